The van der Waals surface area contributed by atoms with Gasteiger partial charge in [-0.25, -0.2) is 0 Å². The summed E-state index contributed by atoms with van der Waals surface area (Å²) in [4.78, 5) is 8.71. The van der Waals surface area contributed by atoms with Crippen LogP contribution in [0.5, 0.6) is 5.88 Å². The number of H-pyrrole nitrogens is 1. The van der Waals surface area contributed by atoms with Gasteiger partial charge in [0.05, 0.1) is 19.0 Å². The minimum atomic E-state index is 0.203. The van der Waals surface area contributed by atoms with Gasteiger partial charge in [-0.1, -0.05) is 0 Å². The van der Waals surface area contributed by atoms with E-state index in [1.54, 1.807) is 12.4 Å². The summed E-state index contributed by atoms with van der Waals surface area (Å²) in [7, 11) is 0. The molecule has 0 aliphatic carbocycles. The average molecular weight is 344 g/mol. The van der Waals surface area contributed by atoms with Crippen molar-refractivity contribution in [3.8, 4) is 5.88 Å². The largest absolute Gasteiger partial charge is 0.473 e. The molecule has 8 nitrogen and oxygen atoms in total. The molecule has 4 rings (SSSR count). The third kappa shape index (κ3) is 4.26. The first-order valence-corrected chi connectivity index (χ1v) is 8.96. The van der Waals surface area contributed by atoms with Crippen LogP contribution >= 0.6 is 0 Å². The average Bonchev–Trinajstić information content (AvgIpc) is 3.12. The number of nitrogens with zero attached hydrogens (tertiary/aromatic N) is 3. The normalized spacial score (nSPS) is 21.8. The number of aromatic amines is 1. The molecule has 2 aliphatic heterocycles. The molecule has 3 N–H and O–H groups in total. The summed E-state index contributed by atoms with van der Waals surface area (Å²) in [6, 6.07) is 2.02. The number of aromatic nitrogens is 4. The zero-order valence-electron chi connectivity index (χ0n) is 14.2. The fourth-order valence-electron chi connectivity index (χ4n) is 3.28. The molecule has 2 aliphatic rings. The second-order valence-electron chi connectivity index (χ2n) is 6.56. The Hall–Kier alpha value is -2.19. The molecule has 0 saturated carbocycles. The topological polar surface area (TPSA) is 97.0 Å². The van der Waals surface area contributed by atoms with Crippen LogP contribution in [0, 0.1) is 0 Å². The van der Waals surface area contributed by atoms with Gasteiger partial charge in [-0.2, -0.15) is 10.1 Å². The van der Waals surface area contributed by atoms with Crippen LogP contribution in [-0.4, -0.2) is 52.6 Å². The van der Waals surface area contributed by atoms with E-state index in [2.05, 4.69) is 30.8 Å². The molecular formula is C17H24N6O2. The molecule has 0 bridgehead atoms. The zero-order valence-corrected chi connectivity index (χ0v) is 14.2. The van der Waals surface area contributed by atoms with Crippen molar-refractivity contribution < 1.29 is 9.47 Å². The second-order valence-corrected chi connectivity index (χ2v) is 6.56. The first-order chi connectivity index (χ1) is 12.4. The Morgan fingerprint density at radius 2 is 2.08 bits per heavy atom. The summed E-state index contributed by atoms with van der Waals surface area (Å²) in [5.74, 6) is 2.30. The Labute approximate surface area is 146 Å². The summed E-state index contributed by atoms with van der Waals surface area (Å²) in [6.45, 7) is 3.57. The molecule has 2 fully saturated rings. The molecule has 2 aromatic rings. The fraction of sp³-hybridized carbons (Fsp3) is 0.588. The van der Waals surface area contributed by atoms with Crippen LogP contribution in [0.15, 0.2) is 18.5 Å². The number of rotatable bonds is 5. The molecular weight excluding hydrogens is 320 g/mol. The highest BCUT2D eigenvalue weighted by atomic mass is 16.5. The molecule has 4 heterocycles. The highest BCUT2D eigenvalue weighted by molar-refractivity contribution is 5.51. The van der Waals surface area contributed by atoms with E-state index in [1.807, 2.05) is 6.07 Å². The lowest BCUT2D eigenvalue weighted by Crippen LogP contribution is -2.34. The molecule has 1 atom stereocenters. The Morgan fingerprint density at radius 1 is 1.16 bits per heavy atom. The van der Waals surface area contributed by atoms with E-state index in [9.17, 15) is 0 Å². The maximum absolute atomic E-state index is 5.94. The summed E-state index contributed by atoms with van der Waals surface area (Å²) in [5.41, 5.74) is 1.09. The van der Waals surface area contributed by atoms with Gasteiger partial charge in [0, 0.05) is 24.3 Å². The van der Waals surface area contributed by atoms with Gasteiger partial charge in [0.25, 0.3) is 0 Å². The lowest BCUT2D eigenvalue weighted by Gasteiger charge is -2.23. The van der Waals surface area contributed by atoms with Crippen molar-refractivity contribution >= 4 is 11.6 Å². The van der Waals surface area contributed by atoms with Gasteiger partial charge in [-0.05, 0) is 38.8 Å². The maximum atomic E-state index is 5.94. The predicted octanol–water partition coefficient (Wildman–Crippen LogP) is 1.97. The minimum absolute atomic E-state index is 0.203. The Balaban J connectivity index is 1.38. The van der Waals surface area contributed by atoms with Gasteiger partial charge in [0.1, 0.15) is 6.10 Å². The molecule has 8 heteroatoms. The van der Waals surface area contributed by atoms with Gasteiger partial charge in [0.2, 0.25) is 5.88 Å². The van der Waals surface area contributed by atoms with Crippen LogP contribution in [0.4, 0.5) is 11.6 Å². The molecule has 0 aromatic carbocycles. The maximum Gasteiger partial charge on any atom is 0.234 e. The first-order valence-electron chi connectivity index (χ1n) is 8.96. The smallest absolute Gasteiger partial charge is 0.234 e. The van der Waals surface area contributed by atoms with Gasteiger partial charge in [0.15, 0.2) is 11.6 Å². The van der Waals surface area contributed by atoms with Crippen LogP contribution in [0.25, 0.3) is 0 Å². The van der Waals surface area contributed by atoms with E-state index < -0.39 is 0 Å². The number of hydrogen-bond acceptors (Lipinski definition) is 7. The molecule has 2 aromatic heterocycles. The third-order valence-corrected chi connectivity index (χ3v) is 4.64. The van der Waals surface area contributed by atoms with E-state index in [4.69, 9.17) is 9.47 Å². The number of ether oxygens (including phenoxy) is 2. The third-order valence-electron chi connectivity index (χ3n) is 4.64. The van der Waals surface area contributed by atoms with Crippen molar-refractivity contribution in [3.05, 3.63) is 24.2 Å². The van der Waals surface area contributed by atoms with E-state index in [0.717, 1.165) is 63.5 Å². The minimum Gasteiger partial charge on any atom is -0.473 e. The summed E-state index contributed by atoms with van der Waals surface area (Å²) < 4.78 is 11.5. The fourth-order valence-corrected chi connectivity index (χ4v) is 3.28. The van der Waals surface area contributed by atoms with E-state index in [0.29, 0.717) is 17.6 Å². The molecule has 0 spiro atoms. The van der Waals surface area contributed by atoms with Crippen molar-refractivity contribution in [2.45, 2.75) is 37.7 Å². The van der Waals surface area contributed by atoms with Crippen molar-refractivity contribution in [2.75, 3.05) is 31.6 Å². The van der Waals surface area contributed by atoms with Crippen molar-refractivity contribution in [2.24, 2.45) is 0 Å². The first kappa shape index (κ1) is 16.3. The van der Waals surface area contributed by atoms with Crippen LogP contribution in [0.1, 0.15) is 37.3 Å². The highest BCUT2D eigenvalue weighted by Gasteiger charge is 2.19. The number of nitrogens with one attached hydrogen (secondary N) is 3. The van der Waals surface area contributed by atoms with Crippen LogP contribution in [0.2, 0.25) is 0 Å². The summed E-state index contributed by atoms with van der Waals surface area (Å²) >= 11 is 0. The Morgan fingerprint density at radius 3 is 2.92 bits per heavy atom. The summed E-state index contributed by atoms with van der Waals surface area (Å²) in [6.07, 6.45) is 7.73. The highest BCUT2D eigenvalue weighted by Crippen LogP contribution is 2.26. The van der Waals surface area contributed by atoms with Gasteiger partial charge in [-0.15, -0.1) is 0 Å². The van der Waals surface area contributed by atoms with Gasteiger partial charge < -0.3 is 20.1 Å². The second kappa shape index (κ2) is 7.79. The van der Waals surface area contributed by atoms with Gasteiger partial charge >= 0.3 is 0 Å². The van der Waals surface area contributed by atoms with Crippen molar-refractivity contribution in [1.29, 1.82) is 0 Å². The monoisotopic (exact) mass is 344 g/mol. The van der Waals surface area contributed by atoms with Crippen molar-refractivity contribution in [3.63, 3.8) is 0 Å². The van der Waals surface area contributed by atoms with E-state index >= 15 is 0 Å². The molecule has 0 amide bonds. The van der Waals surface area contributed by atoms with Crippen LogP contribution in [-0.2, 0) is 4.74 Å². The van der Waals surface area contributed by atoms with Gasteiger partial charge in [-0.3, -0.25) is 10.1 Å². The molecule has 2 saturated heterocycles. The zero-order chi connectivity index (χ0) is 16.9. The lowest BCUT2D eigenvalue weighted by molar-refractivity contribution is 0.0793. The number of hydrogen-bond donors (Lipinski definition) is 3. The number of piperidine rings is 1. The lowest BCUT2D eigenvalue weighted by atomic mass is 9.99. The molecule has 134 valence electrons. The van der Waals surface area contributed by atoms with Crippen LogP contribution in [0.3, 0.4) is 0 Å². The molecule has 25 heavy (non-hydrogen) atoms. The Bertz CT molecular complexity index is 679. The SMILES string of the molecule is c1ncc(OC2CCNCC2)nc1Nc1cc([C@H]2CCCOC2)[nH]n1. The summed E-state index contributed by atoms with van der Waals surface area (Å²) in [5, 5.41) is 13.9. The van der Waals surface area contributed by atoms with E-state index in [1.165, 1.54) is 0 Å². The van der Waals surface area contributed by atoms with Crippen molar-refractivity contribution in [1.82, 2.24) is 25.5 Å². The molecule has 0 radical (unpaired) electrons. The number of anilines is 2. The Kier molecular flexibility index (Phi) is 5.08. The quantitative estimate of drug-likeness (QED) is 0.763. The standard InChI is InChI=1S/C17H24N6O2/c1-2-12(11-24-7-1)14-8-15(23-22-14)20-16-9-19-10-17(21-16)25-13-3-5-18-6-4-13/h8-10,12-13,18H,1-7,11H2,(H2,20,21,22,23)/t12-/m0/s1. The predicted molar refractivity (Wildman–Crippen MR) is 93.2 cm³/mol. The molecule has 0 unspecified atom stereocenters. The van der Waals surface area contributed by atoms with E-state index in [-0.39, 0.29) is 6.10 Å². The van der Waals surface area contributed by atoms with Crippen LogP contribution < -0.4 is 15.4 Å².